The van der Waals surface area contributed by atoms with Crippen molar-refractivity contribution in [2.75, 3.05) is 0 Å². The third-order valence-corrected chi connectivity index (χ3v) is 2.89. The number of aromatic nitrogens is 2. The lowest BCUT2D eigenvalue weighted by atomic mass is 10.3. The van der Waals surface area contributed by atoms with E-state index in [4.69, 9.17) is 12.2 Å². The molecule has 0 saturated heterocycles. The third kappa shape index (κ3) is 1.10. The number of benzene rings is 1. The molecule has 0 unspecified atom stereocenters. The van der Waals surface area contributed by atoms with Gasteiger partial charge >= 0.3 is 0 Å². The molecule has 0 bridgehead atoms. The van der Waals surface area contributed by atoms with Crippen LogP contribution in [0.5, 0.6) is 0 Å². The Balaban J connectivity index is 2.39. The highest BCUT2D eigenvalue weighted by Crippen LogP contribution is 2.37. The predicted molar refractivity (Wildman–Crippen MR) is 55.4 cm³/mol. The second kappa shape index (κ2) is 2.67. The van der Waals surface area contributed by atoms with Gasteiger partial charge in [0.15, 0.2) is 4.77 Å². The Kier molecular flexibility index (Phi) is 1.56. The van der Waals surface area contributed by atoms with Crippen molar-refractivity contribution >= 4 is 23.3 Å². The number of hydrogen-bond acceptors (Lipinski definition) is 1. The van der Waals surface area contributed by atoms with Crippen LogP contribution in [0.1, 0.15) is 18.9 Å². The maximum absolute atomic E-state index is 13.0. The second-order valence-corrected chi connectivity index (χ2v) is 4.08. The zero-order chi connectivity index (χ0) is 9.71. The standard InChI is InChI=1S/C10H9FN2S/c11-6-1-4-8-9(5-6)13(7-2-3-7)10(14)12-8/h1,4-5,7H,2-3H2,(H,12,14). The second-order valence-electron chi connectivity index (χ2n) is 3.69. The molecule has 1 aromatic carbocycles. The largest absolute Gasteiger partial charge is 0.331 e. The van der Waals surface area contributed by atoms with E-state index in [2.05, 4.69) is 4.98 Å². The highest BCUT2D eigenvalue weighted by molar-refractivity contribution is 7.71. The average Bonchev–Trinajstić information content (AvgIpc) is 2.90. The van der Waals surface area contributed by atoms with Gasteiger partial charge in [0.1, 0.15) is 5.82 Å². The van der Waals surface area contributed by atoms with Gasteiger partial charge in [-0.1, -0.05) is 0 Å². The molecule has 2 nitrogen and oxygen atoms in total. The molecule has 1 aromatic heterocycles. The van der Waals surface area contributed by atoms with Gasteiger partial charge in [-0.3, -0.25) is 0 Å². The van der Waals surface area contributed by atoms with Gasteiger partial charge in [-0.05, 0) is 43.3 Å². The fourth-order valence-corrected chi connectivity index (χ4v) is 2.15. The van der Waals surface area contributed by atoms with Crippen LogP contribution in [0.2, 0.25) is 0 Å². The van der Waals surface area contributed by atoms with Gasteiger partial charge < -0.3 is 9.55 Å². The third-order valence-electron chi connectivity index (χ3n) is 2.59. The summed E-state index contributed by atoms with van der Waals surface area (Å²) in [6.07, 6.45) is 2.30. The molecular weight excluding hydrogens is 199 g/mol. The molecule has 72 valence electrons. The monoisotopic (exact) mass is 208 g/mol. The number of nitrogens with one attached hydrogen (secondary N) is 1. The Morgan fingerprint density at radius 1 is 1.43 bits per heavy atom. The van der Waals surface area contributed by atoms with Crippen LogP contribution in [0.25, 0.3) is 11.0 Å². The van der Waals surface area contributed by atoms with Crippen LogP contribution in [0.4, 0.5) is 4.39 Å². The van der Waals surface area contributed by atoms with Crippen molar-refractivity contribution in [2.24, 2.45) is 0 Å². The summed E-state index contributed by atoms with van der Waals surface area (Å²) < 4.78 is 15.8. The number of imidazole rings is 1. The lowest BCUT2D eigenvalue weighted by molar-refractivity contribution is 0.628. The minimum absolute atomic E-state index is 0.207. The molecular formula is C10H9FN2S. The Hall–Kier alpha value is -1.16. The van der Waals surface area contributed by atoms with Crippen molar-refractivity contribution < 1.29 is 4.39 Å². The first kappa shape index (κ1) is 8.17. The fourth-order valence-electron chi connectivity index (χ4n) is 1.79. The molecule has 0 spiro atoms. The van der Waals surface area contributed by atoms with Crippen molar-refractivity contribution in [3.8, 4) is 0 Å². The van der Waals surface area contributed by atoms with Gasteiger partial charge in [0.25, 0.3) is 0 Å². The maximum Gasteiger partial charge on any atom is 0.178 e. The first-order chi connectivity index (χ1) is 6.75. The fraction of sp³-hybridized carbons (Fsp3) is 0.300. The molecule has 0 aliphatic heterocycles. The predicted octanol–water partition coefficient (Wildman–Crippen LogP) is 3.17. The van der Waals surface area contributed by atoms with Gasteiger partial charge in [-0.25, -0.2) is 4.39 Å². The number of halogens is 1. The minimum Gasteiger partial charge on any atom is -0.331 e. The van der Waals surface area contributed by atoms with Crippen LogP contribution in [0, 0.1) is 10.6 Å². The molecule has 1 aliphatic rings. The molecule has 0 atom stereocenters. The highest BCUT2D eigenvalue weighted by Gasteiger charge is 2.25. The average molecular weight is 208 g/mol. The van der Waals surface area contributed by atoms with E-state index in [0.717, 1.165) is 23.9 Å². The molecule has 1 N–H and O–H groups in total. The van der Waals surface area contributed by atoms with E-state index in [9.17, 15) is 4.39 Å². The SMILES string of the molecule is Fc1ccc2[nH]c(=S)n(C3CC3)c2c1. The summed E-state index contributed by atoms with van der Waals surface area (Å²) >= 11 is 5.20. The molecule has 1 saturated carbocycles. The summed E-state index contributed by atoms with van der Waals surface area (Å²) in [4.78, 5) is 3.09. The van der Waals surface area contributed by atoms with Crippen molar-refractivity contribution in [3.05, 3.63) is 28.8 Å². The van der Waals surface area contributed by atoms with Crippen LogP contribution in [0.3, 0.4) is 0 Å². The van der Waals surface area contributed by atoms with Gasteiger partial charge in [-0.2, -0.15) is 0 Å². The Morgan fingerprint density at radius 2 is 2.21 bits per heavy atom. The molecule has 0 radical (unpaired) electrons. The van der Waals surface area contributed by atoms with E-state index in [-0.39, 0.29) is 5.82 Å². The molecule has 2 aromatic rings. The smallest absolute Gasteiger partial charge is 0.178 e. The Bertz CT molecular complexity index is 551. The molecule has 4 heteroatoms. The number of rotatable bonds is 1. The van der Waals surface area contributed by atoms with Gasteiger partial charge in [0.05, 0.1) is 11.0 Å². The number of fused-ring (bicyclic) bond motifs is 1. The van der Waals surface area contributed by atoms with E-state index in [1.807, 2.05) is 4.57 Å². The van der Waals surface area contributed by atoms with E-state index < -0.39 is 0 Å². The summed E-state index contributed by atoms with van der Waals surface area (Å²) in [6, 6.07) is 5.21. The lowest BCUT2D eigenvalue weighted by Crippen LogP contribution is -1.92. The number of hydrogen-bond donors (Lipinski definition) is 1. The van der Waals surface area contributed by atoms with Crippen LogP contribution in [-0.2, 0) is 0 Å². The summed E-state index contributed by atoms with van der Waals surface area (Å²) in [6.45, 7) is 0. The topological polar surface area (TPSA) is 20.7 Å². The maximum atomic E-state index is 13.0. The Morgan fingerprint density at radius 3 is 2.93 bits per heavy atom. The summed E-state index contributed by atoms with van der Waals surface area (Å²) in [7, 11) is 0. The van der Waals surface area contributed by atoms with Gasteiger partial charge in [0, 0.05) is 6.04 Å². The molecule has 1 heterocycles. The van der Waals surface area contributed by atoms with Crippen molar-refractivity contribution in [1.82, 2.24) is 9.55 Å². The zero-order valence-electron chi connectivity index (χ0n) is 7.46. The van der Waals surface area contributed by atoms with E-state index in [1.54, 1.807) is 12.1 Å². The van der Waals surface area contributed by atoms with E-state index in [0.29, 0.717) is 10.8 Å². The summed E-state index contributed by atoms with van der Waals surface area (Å²) in [5, 5.41) is 0. The van der Waals surface area contributed by atoms with Crippen molar-refractivity contribution in [2.45, 2.75) is 18.9 Å². The first-order valence-corrected chi connectivity index (χ1v) is 5.06. The number of H-pyrrole nitrogens is 1. The van der Waals surface area contributed by atoms with E-state index in [1.165, 1.54) is 6.07 Å². The Labute approximate surface area is 85.4 Å². The minimum atomic E-state index is -0.207. The van der Waals surface area contributed by atoms with Gasteiger partial charge in [-0.15, -0.1) is 0 Å². The number of aromatic amines is 1. The van der Waals surface area contributed by atoms with Crippen LogP contribution in [0.15, 0.2) is 18.2 Å². The van der Waals surface area contributed by atoms with Crippen molar-refractivity contribution in [1.29, 1.82) is 0 Å². The van der Waals surface area contributed by atoms with Crippen LogP contribution >= 0.6 is 12.2 Å². The molecule has 14 heavy (non-hydrogen) atoms. The van der Waals surface area contributed by atoms with Crippen LogP contribution in [-0.4, -0.2) is 9.55 Å². The molecule has 0 amide bonds. The molecule has 1 fully saturated rings. The van der Waals surface area contributed by atoms with E-state index >= 15 is 0 Å². The molecule has 1 aliphatic carbocycles. The highest BCUT2D eigenvalue weighted by atomic mass is 32.1. The first-order valence-electron chi connectivity index (χ1n) is 4.65. The summed E-state index contributed by atoms with van der Waals surface area (Å²) in [5.74, 6) is -0.207. The zero-order valence-corrected chi connectivity index (χ0v) is 8.27. The summed E-state index contributed by atoms with van der Waals surface area (Å²) in [5.41, 5.74) is 1.81. The van der Waals surface area contributed by atoms with Crippen molar-refractivity contribution in [3.63, 3.8) is 0 Å². The number of nitrogens with zero attached hydrogens (tertiary/aromatic N) is 1. The lowest BCUT2D eigenvalue weighted by Gasteiger charge is -2.00. The normalized spacial score (nSPS) is 16.4. The quantitative estimate of drug-likeness (QED) is 0.714. The van der Waals surface area contributed by atoms with Crippen LogP contribution < -0.4 is 0 Å². The molecule has 3 rings (SSSR count). The van der Waals surface area contributed by atoms with Gasteiger partial charge in [0.2, 0.25) is 0 Å².